The molecule has 0 radical (unpaired) electrons. The third-order valence-corrected chi connectivity index (χ3v) is 2.66. The van der Waals surface area contributed by atoms with E-state index in [0.717, 1.165) is 0 Å². The number of amides is 1. The SMILES string of the molecule is CC(C)(C)OCC(=O)N(CCCN)c1ccccc1F. The van der Waals surface area contributed by atoms with E-state index in [-0.39, 0.29) is 18.2 Å². The van der Waals surface area contributed by atoms with Crippen LogP contribution in [0.5, 0.6) is 0 Å². The molecule has 0 atom stereocenters. The number of anilines is 1. The van der Waals surface area contributed by atoms with Crippen LogP contribution in [-0.4, -0.2) is 31.2 Å². The third kappa shape index (κ3) is 5.27. The molecule has 0 aliphatic carbocycles. The molecule has 0 saturated heterocycles. The molecule has 1 amide bonds. The van der Waals surface area contributed by atoms with Crippen LogP contribution in [0.3, 0.4) is 0 Å². The maximum absolute atomic E-state index is 13.8. The van der Waals surface area contributed by atoms with Crippen LogP contribution in [0.1, 0.15) is 27.2 Å². The lowest BCUT2D eigenvalue weighted by atomic mass is 10.2. The van der Waals surface area contributed by atoms with Crippen molar-refractivity contribution in [3.63, 3.8) is 0 Å². The summed E-state index contributed by atoms with van der Waals surface area (Å²) in [5.41, 5.74) is 5.33. The van der Waals surface area contributed by atoms with Gasteiger partial charge in [0, 0.05) is 6.54 Å². The predicted molar refractivity (Wildman–Crippen MR) is 78.1 cm³/mol. The molecular weight excluding hydrogens is 259 g/mol. The van der Waals surface area contributed by atoms with Gasteiger partial charge in [0.05, 0.1) is 11.3 Å². The van der Waals surface area contributed by atoms with Crippen molar-refractivity contribution in [2.75, 3.05) is 24.6 Å². The highest BCUT2D eigenvalue weighted by atomic mass is 19.1. The van der Waals surface area contributed by atoms with Crippen LogP contribution < -0.4 is 10.6 Å². The number of benzene rings is 1. The maximum Gasteiger partial charge on any atom is 0.253 e. The summed E-state index contributed by atoms with van der Waals surface area (Å²) in [6.07, 6.45) is 0.607. The molecule has 0 saturated carbocycles. The first-order chi connectivity index (χ1) is 9.35. The molecule has 0 aliphatic rings. The van der Waals surface area contributed by atoms with E-state index in [4.69, 9.17) is 10.5 Å². The average molecular weight is 282 g/mol. The molecule has 0 fully saturated rings. The molecule has 5 heteroatoms. The van der Waals surface area contributed by atoms with E-state index in [1.165, 1.54) is 11.0 Å². The van der Waals surface area contributed by atoms with Gasteiger partial charge in [-0.1, -0.05) is 12.1 Å². The molecule has 2 N–H and O–H groups in total. The van der Waals surface area contributed by atoms with Gasteiger partial charge in [0.2, 0.25) is 0 Å². The molecule has 0 bridgehead atoms. The van der Waals surface area contributed by atoms with Crippen LogP contribution in [0.15, 0.2) is 24.3 Å². The Balaban J connectivity index is 2.84. The zero-order valence-corrected chi connectivity index (χ0v) is 12.4. The van der Waals surface area contributed by atoms with E-state index in [1.54, 1.807) is 18.2 Å². The Kier molecular flexibility index (Phi) is 6.10. The number of nitrogens with two attached hydrogens (primary N) is 1. The van der Waals surface area contributed by atoms with E-state index in [1.807, 2.05) is 20.8 Å². The Morgan fingerprint density at radius 3 is 2.55 bits per heavy atom. The van der Waals surface area contributed by atoms with E-state index in [0.29, 0.717) is 19.5 Å². The lowest BCUT2D eigenvalue weighted by Crippen LogP contribution is -2.38. The Labute approximate surface area is 119 Å². The van der Waals surface area contributed by atoms with Crippen LogP contribution in [-0.2, 0) is 9.53 Å². The van der Waals surface area contributed by atoms with Crippen molar-refractivity contribution in [2.45, 2.75) is 32.8 Å². The molecule has 0 spiro atoms. The highest BCUT2D eigenvalue weighted by Crippen LogP contribution is 2.19. The molecule has 1 aromatic carbocycles. The van der Waals surface area contributed by atoms with E-state index in [9.17, 15) is 9.18 Å². The van der Waals surface area contributed by atoms with Crippen LogP contribution in [0, 0.1) is 5.82 Å². The summed E-state index contributed by atoms with van der Waals surface area (Å²) in [6, 6.07) is 6.21. The smallest absolute Gasteiger partial charge is 0.253 e. The summed E-state index contributed by atoms with van der Waals surface area (Å²) in [7, 11) is 0. The van der Waals surface area contributed by atoms with Gasteiger partial charge in [0.1, 0.15) is 12.4 Å². The van der Waals surface area contributed by atoms with Gasteiger partial charge in [-0.25, -0.2) is 4.39 Å². The zero-order valence-electron chi connectivity index (χ0n) is 12.4. The molecule has 0 unspecified atom stereocenters. The summed E-state index contributed by atoms with van der Waals surface area (Å²) in [6.45, 7) is 6.35. The number of para-hydroxylation sites is 1. The second-order valence-corrected chi connectivity index (χ2v) is 5.54. The van der Waals surface area contributed by atoms with Crippen molar-refractivity contribution in [2.24, 2.45) is 5.73 Å². The summed E-state index contributed by atoms with van der Waals surface area (Å²) in [5, 5.41) is 0. The summed E-state index contributed by atoms with van der Waals surface area (Å²) in [4.78, 5) is 13.6. The fraction of sp³-hybridized carbons (Fsp3) is 0.533. The Morgan fingerprint density at radius 1 is 1.35 bits per heavy atom. The van der Waals surface area contributed by atoms with Crippen molar-refractivity contribution < 1.29 is 13.9 Å². The molecule has 0 aliphatic heterocycles. The normalized spacial score (nSPS) is 11.4. The van der Waals surface area contributed by atoms with Crippen molar-refractivity contribution in [3.05, 3.63) is 30.1 Å². The van der Waals surface area contributed by atoms with Crippen molar-refractivity contribution in [1.29, 1.82) is 0 Å². The summed E-state index contributed by atoms with van der Waals surface area (Å²) in [5.74, 6) is -0.688. The average Bonchev–Trinajstić information content (AvgIpc) is 2.38. The van der Waals surface area contributed by atoms with Gasteiger partial charge < -0.3 is 15.4 Å². The first kappa shape index (κ1) is 16.6. The minimum Gasteiger partial charge on any atom is -0.366 e. The van der Waals surface area contributed by atoms with Gasteiger partial charge in [-0.3, -0.25) is 4.79 Å². The van der Waals surface area contributed by atoms with Crippen molar-refractivity contribution in [3.8, 4) is 0 Å². The first-order valence-corrected chi connectivity index (χ1v) is 6.74. The van der Waals surface area contributed by atoms with Crippen LogP contribution >= 0.6 is 0 Å². The standard InChI is InChI=1S/C15H23FN2O2/c1-15(2,3)20-11-14(19)18(10-6-9-17)13-8-5-4-7-12(13)16/h4-5,7-8H,6,9-11,17H2,1-3H3. The predicted octanol–water partition coefficient (Wildman–Crippen LogP) is 2.32. The van der Waals surface area contributed by atoms with Gasteiger partial charge in [0.25, 0.3) is 5.91 Å². The van der Waals surface area contributed by atoms with E-state index >= 15 is 0 Å². The van der Waals surface area contributed by atoms with Crippen LogP contribution in [0.25, 0.3) is 0 Å². The molecule has 0 heterocycles. The Bertz CT molecular complexity index is 444. The van der Waals surface area contributed by atoms with Gasteiger partial charge in [-0.2, -0.15) is 0 Å². The number of nitrogens with zero attached hydrogens (tertiary/aromatic N) is 1. The van der Waals surface area contributed by atoms with Crippen molar-refractivity contribution >= 4 is 11.6 Å². The third-order valence-electron chi connectivity index (χ3n) is 2.66. The Morgan fingerprint density at radius 2 is 2.00 bits per heavy atom. The second-order valence-electron chi connectivity index (χ2n) is 5.54. The number of halogens is 1. The summed E-state index contributed by atoms with van der Waals surface area (Å²) < 4.78 is 19.3. The summed E-state index contributed by atoms with van der Waals surface area (Å²) >= 11 is 0. The number of hydrogen-bond donors (Lipinski definition) is 1. The largest absolute Gasteiger partial charge is 0.366 e. The lowest BCUT2D eigenvalue weighted by Gasteiger charge is -2.26. The fourth-order valence-corrected chi connectivity index (χ4v) is 1.66. The fourth-order valence-electron chi connectivity index (χ4n) is 1.66. The van der Waals surface area contributed by atoms with Crippen LogP contribution in [0.2, 0.25) is 0 Å². The minimum absolute atomic E-state index is 0.0809. The minimum atomic E-state index is -0.423. The maximum atomic E-state index is 13.8. The first-order valence-electron chi connectivity index (χ1n) is 6.74. The lowest BCUT2D eigenvalue weighted by molar-refractivity contribution is -0.127. The molecular formula is C15H23FN2O2. The molecule has 112 valence electrons. The van der Waals surface area contributed by atoms with Gasteiger partial charge in [-0.15, -0.1) is 0 Å². The monoisotopic (exact) mass is 282 g/mol. The van der Waals surface area contributed by atoms with E-state index < -0.39 is 11.4 Å². The van der Waals surface area contributed by atoms with Gasteiger partial charge >= 0.3 is 0 Å². The quantitative estimate of drug-likeness (QED) is 0.871. The molecule has 20 heavy (non-hydrogen) atoms. The molecule has 4 nitrogen and oxygen atoms in total. The Hall–Kier alpha value is -1.46. The highest BCUT2D eigenvalue weighted by molar-refractivity contribution is 5.94. The van der Waals surface area contributed by atoms with Gasteiger partial charge in [0.15, 0.2) is 0 Å². The number of carbonyl (C=O) groups excluding carboxylic acids is 1. The van der Waals surface area contributed by atoms with Crippen LogP contribution in [0.4, 0.5) is 10.1 Å². The molecule has 1 rings (SSSR count). The number of carbonyl (C=O) groups is 1. The molecule has 0 aromatic heterocycles. The topological polar surface area (TPSA) is 55.6 Å². The highest BCUT2D eigenvalue weighted by Gasteiger charge is 2.21. The molecule has 1 aromatic rings. The number of hydrogen-bond acceptors (Lipinski definition) is 3. The van der Waals surface area contributed by atoms with Gasteiger partial charge in [-0.05, 0) is 45.9 Å². The zero-order chi connectivity index (χ0) is 15.2. The number of rotatable bonds is 6. The van der Waals surface area contributed by atoms with E-state index in [2.05, 4.69) is 0 Å². The van der Waals surface area contributed by atoms with Crippen molar-refractivity contribution in [1.82, 2.24) is 0 Å². The number of ether oxygens (including phenoxy) is 1. The second kappa shape index (κ2) is 7.36.